The van der Waals surface area contributed by atoms with Crippen LogP contribution in [0.3, 0.4) is 0 Å². The van der Waals surface area contributed by atoms with Crippen molar-refractivity contribution >= 4 is 23.3 Å². The van der Waals surface area contributed by atoms with Gasteiger partial charge in [0.15, 0.2) is 0 Å². The lowest BCUT2D eigenvalue weighted by molar-refractivity contribution is 0.0696. The van der Waals surface area contributed by atoms with Gasteiger partial charge in [0.2, 0.25) is 0 Å². The van der Waals surface area contributed by atoms with Gasteiger partial charge in [-0.25, -0.2) is 9.18 Å². The molecule has 0 unspecified atom stereocenters. The first-order valence-corrected chi connectivity index (χ1v) is 6.09. The van der Waals surface area contributed by atoms with E-state index in [1.807, 2.05) is 0 Å². The molecular weight excluding hydrogens is 275 g/mol. The van der Waals surface area contributed by atoms with E-state index in [4.69, 9.17) is 10.8 Å². The molecule has 0 bridgehead atoms. The number of rotatable bonds is 3. The van der Waals surface area contributed by atoms with E-state index >= 15 is 0 Å². The number of amides is 1. The fourth-order valence-electron chi connectivity index (χ4n) is 1.73. The maximum atomic E-state index is 13.6. The van der Waals surface area contributed by atoms with Gasteiger partial charge in [-0.15, -0.1) is 0 Å². The van der Waals surface area contributed by atoms with Crippen molar-refractivity contribution in [1.82, 2.24) is 0 Å². The zero-order chi connectivity index (χ0) is 15.6. The number of hydrogen-bond donors (Lipinski definition) is 3. The molecule has 2 rings (SSSR count). The highest BCUT2D eigenvalue weighted by atomic mass is 19.1. The molecule has 6 heteroatoms. The lowest BCUT2D eigenvalue weighted by atomic mass is 10.1. The predicted molar refractivity (Wildman–Crippen MR) is 76.9 cm³/mol. The average Bonchev–Trinajstić information content (AvgIpc) is 2.43. The van der Waals surface area contributed by atoms with Crippen molar-refractivity contribution in [3.63, 3.8) is 0 Å². The van der Waals surface area contributed by atoms with Crippen LogP contribution in [0.2, 0.25) is 0 Å². The zero-order valence-corrected chi connectivity index (χ0v) is 11.2. The number of carbonyl (C=O) groups excluding carboxylic acids is 1. The molecule has 2 aromatic rings. The van der Waals surface area contributed by atoms with E-state index < -0.39 is 17.7 Å². The maximum absolute atomic E-state index is 13.6. The third kappa shape index (κ3) is 3.17. The van der Waals surface area contributed by atoms with E-state index in [0.29, 0.717) is 5.69 Å². The molecular formula is C15H13FN2O3. The number of halogens is 1. The summed E-state index contributed by atoms with van der Waals surface area (Å²) in [6.07, 6.45) is 0. The summed E-state index contributed by atoms with van der Waals surface area (Å²) in [6.45, 7) is 1.80. The summed E-state index contributed by atoms with van der Waals surface area (Å²) in [6, 6.07) is 7.88. The second-order valence-electron chi connectivity index (χ2n) is 4.53. The number of nitrogens with one attached hydrogen (secondary N) is 1. The van der Waals surface area contributed by atoms with Gasteiger partial charge >= 0.3 is 5.97 Å². The van der Waals surface area contributed by atoms with Crippen molar-refractivity contribution in [3.05, 3.63) is 58.9 Å². The lowest BCUT2D eigenvalue weighted by Gasteiger charge is -2.08. The summed E-state index contributed by atoms with van der Waals surface area (Å²) in [5.41, 5.74) is 6.94. The minimum absolute atomic E-state index is 0.116. The SMILES string of the molecule is Cc1ccc(C(=O)Nc2cc(C(=O)O)ccc2F)cc1N. The Hall–Kier alpha value is -2.89. The highest BCUT2D eigenvalue weighted by Gasteiger charge is 2.13. The van der Waals surface area contributed by atoms with Crippen LogP contribution >= 0.6 is 0 Å². The molecule has 0 spiro atoms. The Balaban J connectivity index is 2.28. The highest BCUT2D eigenvalue weighted by Crippen LogP contribution is 2.19. The number of anilines is 2. The van der Waals surface area contributed by atoms with Crippen molar-refractivity contribution < 1.29 is 19.1 Å². The molecule has 0 radical (unpaired) electrons. The van der Waals surface area contributed by atoms with Crippen LogP contribution in [0.15, 0.2) is 36.4 Å². The molecule has 5 nitrogen and oxygen atoms in total. The monoisotopic (exact) mass is 288 g/mol. The van der Waals surface area contributed by atoms with Gasteiger partial charge in [0.25, 0.3) is 5.91 Å². The Morgan fingerprint density at radius 1 is 1.14 bits per heavy atom. The third-order valence-corrected chi connectivity index (χ3v) is 3.00. The first-order valence-electron chi connectivity index (χ1n) is 6.09. The van der Waals surface area contributed by atoms with Gasteiger partial charge in [-0.1, -0.05) is 6.07 Å². The molecule has 0 aliphatic rings. The summed E-state index contributed by atoms with van der Waals surface area (Å²) in [7, 11) is 0. The van der Waals surface area contributed by atoms with Crippen LogP contribution in [0.5, 0.6) is 0 Å². The standard InChI is InChI=1S/C15H13FN2O3/c1-8-2-3-9(6-12(8)17)14(19)18-13-7-10(15(20)21)4-5-11(13)16/h2-7H,17H2,1H3,(H,18,19)(H,20,21). The maximum Gasteiger partial charge on any atom is 0.335 e. The normalized spacial score (nSPS) is 10.2. The van der Waals surface area contributed by atoms with Crippen molar-refractivity contribution in [3.8, 4) is 0 Å². The number of hydrogen-bond acceptors (Lipinski definition) is 3. The molecule has 0 aliphatic carbocycles. The van der Waals surface area contributed by atoms with E-state index in [1.54, 1.807) is 19.1 Å². The van der Waals surface area contributed by atoms with Crippen molar-refractivity contribution in [2.24, 2.45) is 0 Å². The summed E-state index contributed by atoms with van der Waals surface area (Å²) < 4.78 is 13.6. The molecule has 0 fully saturated rings. The van der Waals surface area contributed by atoms with Gasteiger partial charge in [-0.05, 0) is 42.8 Å². The van der Waals surface area contributed by atoms with E-state index in [-0.39, 0.29) is 16.8 Å². The molecule has 21 heavy (non-hydrogen) atoms. The largest absolute Gasteiger partial charge is 0.478 e. The fraction of sp³-hybridized carbons (Fsp3) is 0.0667. The summed E-state index contributed by atoms with van der Waals surface area (Å²) in [5, 5.41) is 11.2. The molecule has 0 aliphatic heterocycles. The van der Waals surface area contributed by atoms with E-state index in [0.717, 1.165) is 23.8 Å². The van der Waals surface area contributed by atoms with E-state index in [9.17, 15) is 14.0 Å². The predicted octanol–water partition coefficient (Wildman–Crippen LogP) is 2.67. The Labute approximate surface area is 120 Å². The van der Waals surface area contributed by atoms with Crippen LogP contribution in [0, 0.1) is 12.7 Å². The molecule has 108 valence electrons. The van der Waals surface area contributed by atoms with Gasteiger partial charge in [0.1, 0.15) is 5.82 Å². The summed E-state index contributed by atoms with van der Waals surface area (Å²) in [4.78, 5) is 22.9. The summed E-state index contributed by atoms with van der Waals surface area (Å²) in [5.74, 6) is -2.48. The Morgan fingerprint density at radius 3 is 2.43 bits per heavy atom. The van der Waals surface area contributed by atoms with Gasteiger partial charge < -0.3 is 16.2 Å². The molecule has 0 saturated heterocycles. The van der Waals surface area contributed by atoms with Crippen LogP contribution in [0.25, 0.3) is 0 Å². The van der Waals surface area contributed by atoms with Gasteiger partial charge in [-0.3, -0.25) is 4.79 Å². The zero-order valence-electron chi connectivity index (χ0n) is 11.2. The minimum Gasteiger partial charge on any atom is -0.478 e. The minimum atomic E-state index is -1.20. The van der Waals surface area contributed by atoms with Crippen molar-refractivity contribution in [1.29, 1.82) is 0 Å². The number of carboxylic acids is 1. The highest BCUT2D eigenvalue weighted by molar-refractivity contribution is 6.05. The molecule has 0 heterocycles. The van der Waals surface area contributed by atoms with Crippen molar-refractivity contribution in [2.45, 2.75) is 6.92 Å². The van der Waals surface area contributed by atoms with E-state index in [2.05, 4.69) is 5.32 Å². The molecule has 2 aromatic carbocycles. The average molecular weight is 288 g/mol. The molecule has 0 aromatic heterocycles. The van der Waals surface area contributed by atoms with Crippen LogP contribution < -0.4 is 11.1 Å². The second-order valence-corrected chi connectivity index (χ2v) is 4.53. The number of aromatic carboxylic acids is 1. The number of carboxylic acid groups (broad SMARTS) is 1. The first kappa shape index (κ1) is 14.5. The quantitative estimate of drug-likeness (QED) is 0.757. The van der Waals surface area contributed by atoms with Gasteiger partial charge in [-0.2, -0.15) is 0 Å². The Kier molecular flexibility index (Phi) is 3.89. The summed E-state index contributed by atoms with van der Waals surface area (Å²) >= 11 is 0. The molecule has 0 saturated carbocycles. The number of nitrogen functional groups attached to an aromatic ring is 1. The number of benzene rings is 2. The van der Waals surface area contributed by atoms with Crippen LogP contribution in [-0.2, 0) is 0 Å². The molecule has 0 atom stereocenters. The Morgan fingerprint density at radius 2 is 1.81 bits per heavy atom. The smallest absolute Gasteiger partial charge is 0.335 e. The fourth-order valence-corrected chi connectivity index (χ4v) is 1.73. The van der Waals surface area contributed by atoms with Crippen molar-refractivity contribution in [2.75, 3.05) is 11.1 Å². The lowest BCUT2D eigenvalue weighted by Crippen LogP contribution is -2.14. The Bertz CT molecular complexity index is 729. The van der Waals surface area contributed by atoms with E-state index in [1.165, 1.54) is 6.07 Å². The third-order valence-electron chi connectivity index (χ3n) is 3.00. The number of aryl methyl sites for hydroxylation is 1. The molecule has 1 amide bonds. The second kappa shape index (κ2) is 5.62. The van der Waals surface area contributed by atoms with Crippen LogP contribution in [0.4, 0.5) is 15.8 Å². The van der Waals surface area contributed by atoms with Crippen LogP contribution in [0.1, 0.15) is 26.3 Å². The number of carbonyl (C=O) groups is 2. The molecule has 4 N–H and O–H groups in total. The van der Waals surface area contributed by atoms with Gasteiger partial charge in [0.05, 0.1) is 11.3 Å². The number of nitrogens with two attached hydrogens (primary N) is 1. The van der Waals surface area contributed by atoms with Crippen LogP contribution in [-0.4, -0.2) is 17.0 Å². The van der Waals surface area contributed by atoms with Gasteiger partial charge in [0, 0.05) is 11.3 Å². The first-order chi connectivity index (χ1) is 9.88. The topological polar surface area (TPSA) is 92.4 Å².